The van der Waals surface area contributed by atoms with Gasteiger partial charge in [0.1, 0.15) is 11.5 Å². The van der Waals surface area contributed by atoms with Gasteiger partial charge in [0.05, 0.1) is 7.11 Å². The third kappa shape index (κ3) is 3.41. The molecule has 3 unspecified atom stereocenters. The fraction of sp³-hybridized carbons (Fsp3) is 0.625. The molecule has 106 valence electrons. The first-order valence-electron chi connectivity index (χ1n) is 7.22. The zero-order valence-corrected chi connectivity index (χ0v) is 12.1. The molecule has 1 saturated carbocycles. The Morgan fingerprint density at radius 3 is 2.79 bits per heavy atom. The van der Waals surface area contributed by atoms with Crippen LogP contribution in [0.15, 0.2) is 18.2 Å². The van der Waals surface area contributed by atoms with Crippen LogP contribution in [0.2, 0.25) is 0 Å². The molecule has 2 rings (SSSR count). The summed E-state index contributed by atoms with van der Waals surface area (Å²) in [6, 6.07) is 5.67. The summed E-state index contributed by atoms with van der Waals surface area (Å²) in [7, 11) is 1.61. The topological polar surface area (TPSA) is 41.5 Å². The second-order valence-electron chi connectivity index (χ2n) is 5.72. The number of ether oxygens (including phenoxy) is 1. The number of phenolic OH excluding ortho intramolecular Hbond substituents is 1. The highest BCUT2D eigenvalue weighted by atomic mass is 16.5. The van der Waals surface area contributed by atoms with Gasteiger partial charge in [0.2, 0.25) is 0 Å². The molecule has 0 aromatic heterocycles. The molecule has 0 saturated heterocycles. The predicted octanol–water partition coefficient (Wildman–Crippen LogP) is 3.49. The van der Waals surface area contributed by atoms with E-state index in [0.717, 1.165) is 23.9 Å². The zero-order valence-electron chi connectivity index (χ0n) is 12.1. The van der Waals surface area contributed by atoms with Crippen LogP contribution < -0.4 is 10.1 Å². The van der Waals surface area contributed by atoms with Crippen molar-refractivity contribution in [3.8, 4) is 11.5 Å². The van der Waals surface area contributed by atoms with Crippen molar-refractivity contribution < 1.29 is 9.84 Å². The summed E-state index contributed by atoms with van der Waals surface area (Å²) in [5.74, 6) is 2.60. The second-order valence-corrected chi connectivity index (χ2v) is 5.72. The Morgan fingerprint density at radius 2 is 2.21 bits per heavy atom. The Morgan fingerprint density at radius 1 is 1.42 bits per heavy atom. The predicted molar refractivity (Wildman–Crippen MR) is 77.6 cm³/mol. The molecule has 0 radical (unpaired) electrons. The fourth-order valence-electron chi connectivity index (χ4n) is 2.98. The van der Waals surface area contributed by atoms with E-state index in [1.165, 1.54) is 19.3 Å². The van der Waals surface area contributed by atoms with Gasteiger partial charge in [0.25, 0.3) is 0 Å². The van der Waals surface area contributed by atoms with Gasteiger partial charge in [-0.2, -0.15) is 0 Å². The number of aromatic hydroxyl groups is 1. The lowest BCUT2D eigenvalue weighted by Crippen LogP contribution is -2.27. The normalized spacial score (nSPS) is 24.4. The monoisotopic (exact) mass is 263 g/mol. The summed E-state index contributed by atoms with van der Waals surface area (Å²) < 4.78 is 5.10. The highest BCUT2D eigenvalue weighted by Gasteiger charge is 2.23. The Bertz CT molecular complexity index is 419. The van der Waals surface area contributed by atoms with Crippen molar-refractivity contribution in [2.24, 2.45) is 11.8 Å². The lowest BCUT2D eigenvalue weighted by Gasteiger charge is -2.21. The lowest BCUT2D eigenvalue weighted by atomic mass is 9.97. The van der Waals surface area contributed by atoms with E-state index in [1.54, 1.807) is 13.2 Å². The summed E-state index contributed by atoms with van der Waals surface area (Å²) in [6.45, 7) is 5.48. The summed E-state index contributed by atoms with van der Waals surface area (Å²) in [6.07, 6.45) is 4.04. The maximum atomic E-state index is 10.0. The molecular formula is C16H25NO2. The molecule has 2 N–H and O–H groups in total. The third-order valence-corrected chi connectivity index (χ3v) is 4.43. The molecule has 19 heavy (non-hydrogen) atoms. The van der Waals surface area contributed by atoms with Crippen molar-refractivity contribution in [3.63, 3.8) is 0 Å². The molecule has 1 aliphatic rings. The minimum atomic E-state index is 0.165. The molecule has 0 spiro atoms. The van der Waals surface area contributed by atoms with E-state index in [-0.39, 0.29) is 6.04 Å². The van der Waals surface area contributed by atoms with Crippen LogP contribution in [0.1, 0.15) is 44.7 Å². The Kier molecular flexibility index (Phi) is 4.70. The number of methoxy groups -OCH3 is 1. The number of benzene rings is 1. The van der Waals surface area contributed by atoms with Crippen molar-refractivity contribution in [1.82, 2.24) is 5.32 Å². The molecule has 0 heterocycles. The minimum absolute atomic E-state index is 0.165. The van der Waals surface area contributed by atoms with Gasteiger partial charge in [-0.05, 0) is 37.8 Å². The first-order valence-corrected chi connectivity index (χ1v) is 7.22. The van der Waals surface area contributed by atoms with Gasteiger partial charge in [0, 0.05) is 17.7 Å². The van der Waals surface area contributed by atoms with E-state index in [1.807, 2.05) is 12.1 Å². The molecule has 1 aromatic carbocycles. The molecule has 0 bridgehead atoms. The third-order valence-electron chi connectivity index (χ3n) is 4.43. The second kappa shape index (κ2) is 6.29. The summed E-state index contributed by atoms with van der Waals surface area (Å²) in [5.41, 5.74) is 0.937. The van der Waals surface area contributed by atoms with Crippen LogP contribution in [0.5, 0.6) is 11.5 Å². The van der Waals surface area contributed by atoms with Gasteiger partial charge in [-0.15, -0.1) is 0 Å². The summed E-state index contributed by atoms with van der Waals surface area (Å²) >= 11 is 0. The Hall–Kier alpha value is -1.22. The van der Waals surface area contributed by atoms with Crippen molar-refractivity contribution in [3.05, 3.63) is 23.8 Å². The zero-order chi connectivity index (χ0) is 13.8. The highest BCUT2D eigenvalue weighted by molar-refractivity contribution is 5.41. The van der Waals surface area contributed by atoms with E-state index in [9.17, 15) is 5.11 Å². The molecule has 3 atom stereocenters. The van der Waals surface area contributed by atoms with Crippen LogP contribution in [0.4, 0.5) is 0 Å². The molecule has 1 fully saturated rings. The van der Waals surface area contributed by atoms with Gasteiger partial charge in [-0.1, -0.05) is 25.8 Å². The van der Waals surface area contributed by atoms with Crippen LogP contribution in [0.3, 0.4) is 0 Å². The van der Waals surface area contributed by atoms with Gasteiger partial charge in [-0.25, -0.2) is 0 Å². The summed E-state index contributed by atoms with van der Waals surface area (Å²) in [5, 5.41) is 13.6. The smallest absolute Gasteiger partial charge is 0.124 e. The molecule has 3 heteroatoms. The van der Waals surface area contributed by atoms with E-state index in [2.05, 4.69) is 19.2 Å². The van der Waals surface area contributed by atoms with Crippen LogP contribution in [0.25, 0.3) is 0 Å². The molecule has 3 nitrogen and oxygen atoms in total. The van der Waals surface area contributed by atoms with Gasteiger partial charge >= 0.3 is 0 Å². The maximum absolute atomic E-state index is 10.0. The van der Waals surface area contributed by atoms with Crippen molar-refractivity contribution in [2.45, 2.75) is 39.2 Å². The molecule has 0 amide bonds. The molecular weight excluding hydrogens is 238 g/mol. The molecule has 0 aliphatic heterocycles. The molecule has 1 aliphatic carbocycles. The van der Waals surface area contributed by atoms with Gasteiger partial charge < -0.3 is 15.2 Å². The van der Waals surface area contributed by atoms with E-state index >= 15 is 0 Å². The van der Waals surface area contributed by atoms with Crippen molar-refractivity contribution >= 4 is 0 Å². The van der Waals surface area contributed by atoms with Crippen molar-refractivity contribution in [1.29, 1.82) is 0 Å². The van der Waals surface area contributed by atoms with Crippen LogP contribution in [-0.2, 0) is 0 Å². The minimum Gasteiger partial charge on any atom is -0.507 e. The summed E-state index contributed by atoms with van der Waals surface area (Å²) in [4.78, 5) is 0. The Balaban J connectivity index is 1.94. The highest BCUT2D eigenvalue weighted by Crippen LogP contribution is 2.32. The van der Waals surface area contributed by atoms with Crippen LogP contribution in [0, 0.1) is 11.8 Å². The lowest BCUT2D eigenvalue weighted by molar-refractivity contribution is 0.369. The van der Waals surface area contributed by atoms with Gasteiger partial charge in [-0.3, -0.25) is 0 Å². The quantitative estimate of drug-likeness (QED) is 0.854. The average molecular weight is 263 g/mol. The van der Waals surface area contributed by atoms with Gasteiger partial charge in [0.15, 0.2) is 0 Å². The largest absolute Gasteiger partial charge is 0.507 e. The van der Waals surface area contributed by atoms with E-state index < -0.39 is 0 Å². The van der Waals surface area contributed by atoms with Crippen molar-refractivity contribution in [2.75, 3.05) is 13.7 Å². The van der Waals surface area contributed by atoms with E-state index in [0.29, 0.717) is 11.5 Å². The maximum Gasteiger partial charge on any atom is 0.124 e. The molecule has 1 aromatic rings. The van der Waals surface area contributed by atoms with Crippen LogP contribution in [-0.4, -0.2) is 18.8 Å². The Labute approximate surface area is 116 Å². The first-order chi connectivity index (χ1) is 9.11. The number of nitrogens with one attached hydrogen (secondary N) is 1. The SMILES string of the molecule is COc1ccc(C(C)NCC2CCCC2C)c(O)c1. The first kappa shape index (κ1) is 14.2. The number of rotatable bonds is 5. The number of hydrogen-bond donors (Lipinski definition) is 2. The average Bonchev–Trinajstić information content (AvgIpc) is 2.81. The number of hydrogen-bond acceptors (Lipinski definition) is 3. The van der Waals surface area contributed by atoms with E-state index in [4.69, 9.17) is 4.74 Å². The fourth-order valence-corrected chi connectivity index (χ4v) is 2.98. The standard InChI is InChI=1S/C16H25NO2/c1-11-5-4-6-13(11)10-17-12(2)15-8-7-14(19-3)9-16(15)18/h7-9,11-13,17-18H,4-6,10H2,1-3H3. The van der Waals surface area contributed by atoms with Crippen LogP contribution >= 0.6 is 0 Å². The number of phenols is 1.